The minimum absolute atomic E-state index is 0.00480. The van der Waals surface area contributed by atoms with Gasteiger partial charge in [-0.05, 0) is 6.07 Å². The van der Waals surface area contributed by atoms with Crippen LogP contribution in [0, 0.1) is 10.1 Å². The van der Waals surface area contributed by atoms with E-state index >= 15 is 0 Å². The molecule has 1 fully saturated rings. The van der Waals surface area contributed by atoms with Crippen LogP contribution in [0.5, 0.6) is 0 Å². The summed E-state index contributed by atoms with van der Waals surface area (Å²) >= 11 is 6.02. The Hall–Kier alpha value is -1.14. The summed E-state index contributed by atoms with van der Waals surface area (Å²) in [7, 11) is -0.813. The van der Waals surface area contributed by atoms with E-state index in [1.165, 1.54) is 6.07 Å². The van der Waals surface area contributed by atoms with Crippen molar-refractivity contribution in [3.63, 3.8) is 0 Å². The number of nitro benzene ring substituents is 1. The Morgan fingerprint density at radius 1 is 1.32 bits per heavy atom. The maximum absolute atomic E-state index is 11.3. The van der Waals surface area contributed by atoms with Gasteiger partial charge in [0.15, 0.2) is 0 Å². The summed E-state index contributed by atoms with van der Waals surface area (Å²) in [4.78, 5) is 12.3. The topological polar surface area (TPSA) is 63.5 Å². The molecule has 0 amide bonds. The highest BCUT2D eigenvalue weighted by atomic mass is 35.5. The number of nitro groups is 1. The molecule has 0 N–H and O–H groups in total. The Bertz CT molecular complexity index is 472. The lowest BCUT2D eigenvalue weighted by atomic mass is 10.2. The van der Waals surface area contributed by atoms with E-state index in [1.54, 1.807) is 12.1 Å². The van der Waals surface area contributed by atoms with Gasteiger partial charge in [0.2, 0.25) is 0 Å². The third-order valence-electron chi connectivity index (χ3n) is 2.66. The maximum atomic E-state index is 11.3. The van der Waals surface area contributed by atoms with E-state index < -0.39 is 15.7 Å². The quantitative estimate of drug-likeness (QED) is 0.622. The molecule has 7 heteroatoms. The predicted octanol–water partition coefficient (Wildman–Crippen LogP) is 2.84. The molecule has 106 valence electrons. The van der Waals surface area contributed by atoms with E-state index in [-0.39, 0.29) is 5.69 Å². The second kappa shape index (κ2) is 7.45. The smallest absolute Gasteiger partial charge is 0.294 e. The number of hydrogen-bond donors (Lipinski definition) is 0. The van der Waals surface area contributed by atoms with Crippen LogP contribution in [0.2, 0.25) is 5.02 Å². The predicted molar refractivity (Wildman–Crippen MR) is 79.5 cm³/mol. The maximum Gasteiger partial charge on any atom is 0.294 e. The van der Waals surface area contributed by atoms with Gasteiger partial charge in [-0.25, -0.2) is 0 Å². The highest BCUT2D eigenvalue weighted by Gasteiger charge is 2.25. The van der Waals surface area contributed by atoms with Crippen LogP contribution in [0.1, 0.15) is 13.8 Å². The van der Waals surface area contributed by atoms with Gasteiger partial charge in [-0.2, -0.15) is 0 Å². The lowest BCUT2D eigenvalue weighted by Crippen LogP contribution is -2.38. The average molecular weight is 305 g/mol. The molecule has 0 aliphatic carbocycles. The second-order valence-corrected chi connectivity index (χ2v) is 5.80. The Balaban J connectivity index is 0.000000861. The third kappa shape index (κ3) is 3.91. The van der Waals surface area contributed by atoms with Crippen molar-refractivity contribution in [2.45, 2.75) is 13.8 Å². The summed E-state index contributed by atoms with van der Waals surface area (Å²) < 4.78 is 11.3. The first-order valence-corrected chi connectivity index (χ1v) is 7.99. The zero-order valence-electron chi connectivity index (χ0n) is 11.0. The van der Waals surface area contributed by atoms with Crippen LogP contribution in [0.3, 0.4) is 0 Å². The number of hydrogen-bond acceptors (Lipinski definition) is 4. The largest absolute Gasteiger partial charge is 0.363 e. The fourth-order valence-electron chi connectivity index (χ4n) is 1.83. The van der Waals surface area contributed by atoms with Gasteiger partial charge in [0.25, 0.3) is 5.69 Å². The molecule has 1 aliphatic heterocycles. The van der Waals surface area contributed by atoms with Crippen LogP contribution < -0.4 is 4.90 Å². The molecule has 19 heavy (non-hydrogen) atoms. The van der Waals surface area contributed by atoms with E-state index in [1.807, 2.05) is 18.7 Å². The Morgan fingerprint density at radius 2 is 1.89 bits per heavy atom. The molecule has 1 aromatic rings. The van der Waals surface area contributed by atoms with Crippen molar-refractivity contribution in [1.82, 2.24) is 0 Å². The summed E-state index contributed by atoms with van der Waals surface area (Å²) in [5.41, 5.74) is 0.445. The van der Waals surface area contributed by atoms with Crippen LogP contribution in [0.4, 0.5) is 11.4 Å². The molecule has 0 unspecified atom stereocenters. The van der Waals surface area contributed by atoms with Crippen LogP contribution in [0.15, 0.2) is 18.2 Å². The number of rotatable bonds is 2. The second-order valence-electron chi connectivity index (χ2n) is 3.70. The van der Waals surface area contributed by atoms with Crippen molar-refractivity contribution >= 4 is 33.8 Å². The third-order valence-corrected chi connectivity index (χ3v) is 4.24. The van der Waals surface area contributed by atoms with E-state index in [0.717, 1.165) is 0 Å². The summed E-state index contributed by atoms with van der Waals surface area (Å²) in [5, 5.41) is 11.3. The first-order chi connectivity index (χ1) is 9.09. The molecule has 1 aromatic carbocycles. The van der Waals surface area contributed by atoms with Crippen LogP contribution in [-0.2, 0) is 10.8 Å². The number of nitrogens with zero attached hydrogens (tertiary/aromatic N) is 2. The summed E-state index contributed by atoms with van der Waals surface area (Å²) in [6.07, 6.45) is 0. The minimum Gasteiger partial charge on any atom is -0.363 e. The van der Waals surface area contributed by atoms with Crippen molar-refractivity contribution in [3.05, 3.63) is 33.3 Å². The number of para-hydroxylation sites is 1. The molecule has 1 saturated heterocycles. The lowest BCUT2D eigenvalue weighted by Gasteiger charge is -2.28. The number of anilines is 1. The lowest BCUT2D eigenvalue weighted by molar-refractivity contribution is -0.384. The fraction of sp³-hybridized carbons (Fsp3) is 0.500. The molecular weight excluding hydrogens is 288 g/mol. The zero-order chi connectivity index (χ0) is 14.4. The van der Waals surface area contributed by atoms with Gasteiger partial charge in [0.1, 0.15) is 5.69 Å². The molecule has 5 nitrogen and oxygen atoms in total. The van der Waals surface area contributed by atoms with Gasteiger partial charge in [-0.15, -0.1) is 0 Å². The normalized spacial score (nSPS) is 15.6. The highest BCUT2D eigenvalue weighted by Crippen LogP contribution is 2.35. The van der Waals surface area contributed by atoms with Gasteiger partial charge in [-0.3, -0.25) is 14.3 Å². The van der Waals surface area contributed by atoms with Gasteiger partial charge in [0, 0.05) is 41.5 Å². The minimum atomic E-state index is -0.813. The van der Waals surface area contributed by atoms with Crippen molar-refractivity contribution in [1.29, 1.82) is 0 Å². The number of benzene rings is 1. The van der Waals surface area contributed by atoms with Gasteiger partial charge >= 0.3 is 0 Å². The van der Waals surface area contributed by atoms with Crippen molar-refractivity contribution in [2.75, 3.05) is 29.5 Å². The van der Waals surface area contributed by atoms with Gasteiger partial charge in [-0.1, -0.05) is 31.5 Å². The van der Waals surface area contributed by atoms with Crippen LogP contribution in [-0.4, -0.2) is 33.7 Å². The Kier molecular flexibility index (Phi) is 6.24. The molecule has 1 aliphatic rings. The molecule has 0 radical (unpaired) electrons. The molecule has 0 bridgehead atoms. The molecule has 0 atom stereocenters. The molecule has 1 heterocycles. The first kappa shape index (κ1) is 15.9. The van der Waals surface area contributed by atoms with Gasteiger partial charge in [0.05, 0.1) is 9.95 Å². The molecule has 0 saturated carbocycles. The fourth-order valence-corrected chi connectivity index (χ4v) is 3.17. The van der Waals surface area contributed by atoms with E-state index in [9.17, 15) is 14.3 Å². The van der Waals surface area contributed by atoms with E-state index in [4.69, 9.17) is 11.6 Å². The monoisotopic (exact) mass is 304 g/mol. The Morgan fingerprint density at radius 3 is 2.42 bits per heavy atom. The average Bonchev–Trinajstić information content (AvgIpc) is 2.42. The molecule has 0 aromatic heterocycles. The van der Waals surface area contributed by atoms with Crippen LogP contribution >= 0.6 is 11.6 Å². The molecule has 2 rings (SSSR count). The van der Waals surface area contributed by atoms with Crippen molar-refractivity contribution in [2.24, 2.45) is 0 Å². The van der Waals surface area contributed by atoms with Crippen molar-refractivity contribution in [3.8, 4) is 0 Å². The summed E-state index contributed by atoms with van der Waals surface area (Å²) in [6, 6.07) is 4.63. The van der Waals surface area contributed by atoms with Gasteiger partial charge < -0.3 is 4.90 Å². The van der Waals surface area contributed by atoms with E-state index in [2.05, 4.69) is 0 Å². The molecule has 0 spiro atoms. The number of halogens is 1. The van der Waals surface area contributed by atoms with E-state index in [0.29, 0.717) is 35.3 Å². The summed E-state index contributed by atoms with van der Waals surface area (Å²) in [6.45, 7) is 5.08. The SMILES string of the molecule is CC.O=[N+]([O-])c1cccc(Cl)c1N1CCS(=O)CC1. The zero-order valence-corrected chi connectivity index (χ0v) is 12.5. The summed E-state index contributed by atoms with van der Waals surface area (Å²) in [5.74, 6) is 1.06. The first-order valence-electron chi connectivity index (χ1n) is 6.12. The Labute approximate surface area is 120 Å². The van der Waals surface area contributed by atoms with Crippen LogP contribution in [0.25, 0.3) is 0 Å². The standard InChI is InChI=1S/C10H11ClN2O3S.C2H6/c11-8-2-1-3-9(13(14)15)10(8)12-4-6-17(16)7-5-12;1-2/h1-3H,4-7H2;1-2H3. The highest BCUT2D eigenvalue weighted by molar-refractivity contribution is 7.85. The molecular formula is C12H17ClN2O3S. The van der Waals surface area contributed by atoms with Crippen molar-refractivity contribution < 1.29 is 9.13 Å².